The number of fused-ring (bicyclic) bond motifs is 1. The Hall–Kier alpha value is -2.91. The minimum absolute atomic E-state index is 0. The van der Waals surface area contributed by atoms with Crippen molar-refractivity contribution in [2.75, 3.05) is 45.3 Å². The first-order chi connectivity index (χ1) is 15.0. The number of benzene rings is 1. The Kier molecular flexibility index (Phi) is 7.87. The molecule has 170 valence electrons. The third-order valence-electron chi connectivity index (χ3n) is 5.30. The Balaban J connectivity index is 0.00000289. The first-order valence-corrected chi connectivity index (χ1v) is 10.5. The zero-order valence-corrected chi connectivity index (χ0v) is 19.6. The van der Waals surface area contributed by atoms with Gasteiger partial charge in [-0.2, -0.15) is 13.5 Å². The van der Waals surface area contributed by atoms with Crippen LogP contribution in [-0.2, 0) is 9.53 Å². The maximum atomic E-state index is 12.0. The summed E-state index contributed by atoms with van der Waals surface area (Å²) >= 11 is 0. The van der Waals surface area contributed by atoms with Crippen LogP contribution in [0.4, 0.5) is 5.69 Å². The Labute approximate surface area is 195 Å². The van der Waals surface area contributed by atoms with Crippen molar-refractivity contribution < 1.29 is 14.3 Å². The van der Waals surface area contributed by atoms with Gasteiger partial charge in [0.05, 0.1) is 24.4 Å². The summed E-state index contributed by atoms with van der Waals surface area (Å²) < 4.78 is 11.9. The number of rotatable bonds is 6. The minimum atomic E-state index is -0.208. The lowest BCUT2D eigenvalue weighted by Gasteiger charge is -2.32. The summed E-state index contributed by atoms with van der Waals surface area (Å²) in [6, 6.07) is 10.1. The van der Waals surface area contributed by atoms with Crippen LogP contribution in [0, 0.1) is 0 Å². The number of pyridine rings is 1. The topological polar surface area (TPSA) is 80.7 Å². The smallest absolute Gasteiger partial charge is 0.242 e. The van der Waals surface area contributed by atoms with Crippen LogP contribution in [0.15, 0.2) is 42.7 Å². The third kappa shape index (κ3) is 5.28. The predicted molar refractivity (Wildman–Crippen MR) is 130 cm³/mol. The molecule has 0 unspecified atom stereocenters. The van der Waals surface area contributed by atoms with Gasteiger partial charge in [0.2, 0.25) is 11.8 Å². The molecule has 2 aromatic heterocycles. The summed E-state index contributed by atoms with van der Waals surface area (Å²) in [5, 5.41) is 0. The summed E-state index contributed by atoms with van der Waals surface area (Å²) in [4.78, 5) is 29.5. The standard InChI is InChI=1S/C23H27N5O3.H2S/c1-4-21(29)28-11-12-30-18(14-28)15-31-23-22-20(24-9-10-25-22)13-19(26-23)16-5-7-17(8-6-16)27(2)3;/h5-10,13,18H,4,11-12,14-15H2,1-3H3;1H2/t18-;/m0./s1. The van der Waals surface area contributed by atoms with Crippen molar-refractivity contribution in [3.05, 3.63) is 42.7 Å². The van der Waals surface area contributed by atoms with Gasteiger partial charge in [-0.15, -0.1) is 0 Å². The third-order valence-corrected chi connectivity index (χ3v) is 5.30. The van der Waals surface area contributed by atoms with Crippen molar-refractivity contribution in [1.82, 2.24) is 19.9 Å². The van der Waals surface area contributed by atoms with E-state index in [0.717, 1.165) is 16.9 Å². The molecule has 1 amide bonds. The molecule has 0 spiro atoms. The summed E-state index contributed by atoms with van der Waals surface area (Å²) in [5.41, 5.74) is 4.17. The molecule has 0 bridgehead atoms. The number of anilines is 1. The van der Waals surface area contributed by atoms with E-state index in [1.807, 2.05) is 61.2 Å². The number of aromatic nitrogens is 3. The van der Waals surface area contributed by atoms with E-state index >= 15 is 0 Å². The second kappa shape index (κ2) is 10.6. The van der Waals surface area contributed by atoms with Crippen molar-refractivity contribution >= 4 is 36.1 Å². The van der Waals surface area contributed by atoms with E-state index in [-0.39, 0.29) is 32.1 Å². The normalized spacial score (nSPS) is 15.8. The van der Waals surface area contributed by atoms with Crippen LogP contribution >= 0.6 is 13.5 Å². The molecule has 0 saturated carbocycles. The highest BCUT2D eigenvalue weighted by molar-refractivity contribution is 7.59. The number of carbonyl (C=O) groups excluding carboxylic acids is 1. The van der Waals surface area contributed by atoms with Gasteiger partial charge in [0, 0.05) is 50.7 Å². The predicted octanol–water partition coefficient (Wildman–Crippen LogP) is 2.89. The monoisotopic (exact) mass is 455 g/mol. The summed E-state index contributed by atoms with van der Waals surface area (Å²) in [7, 11) is 4.01. The lowest BCUT2D eigenvalue weighted by molar-refractivity contribution is -0.139. The Morgan fingerprint density at radius 3 is 2.69 bits per heavy atom. The Bertz CT molecular complexity index is 1060. The molecule has 8 nitrogen and oxygen atoms in total. The second-order valence-corrected chi connectivity index (χ2v) is 7.68. The molecule has 1 aromatic carbocycles. The van der Waals surface area contributed by atoms with Gasteiger partial charge in [-0.1, -0.05) is 19.1 Å². The van der Waals surface area contributed by atoms with Crippen LogP contribution in [0.25, 0.3) is 22.3 Å². The molecule has 3 heterocycles. The van der Waals surface area contributed by atoms with Crippen LogP contribution in [0.5, 0.6) is 5.88 Å². The van der Waals surface area contributed by atoms with Gasteiger partial charge in [-0.25, -0.2) is 9.97 Å². The van der Waals surface area contributed by atoms with Crippen molar-refractivity contribution in [2.45, 2.75) is 19.4 Å². The zero-order chi connectivity index (χ0) is 21.8. The van der Waals surface area contributed by atoms with E-state index in [1.165, 1.54) is 0 Å². The van der Waals surface area contributed by atoms with Crippen molar-refractivity contribution in [2.24, 2.45) is 0 Å². The van der Waals surface area contributed by atoms with E-state index in [1.54, 1.807) is 12.4 Å². The first kappa shape index (κ1) is 23.7. The number of nitrogens with zero attached hydrogens (tertiary/aromatic N) is 5. The molecular weight excluding hydrogens is 426 g/mol. The van der Waals surface area contributed by atoms with Gasteiger partial charge in [-0.05, 0) is 18.2 Å². The fourth-order valence-electron chi connectivity index (χ4n) is 3.56. The number of amides is 1. The molecule has 9 heteroatoms. The molecule has 1 atom stereocenters. The van der Waals surface area contributed by atoms with E-state index in [0.29, 0.717) is 43.0 Å². The van der Waals surface area contributed by atoms with Gasteiger partial charge in [0.1, 0.15) is 12.7 Å². The number of carbonyl (C=O) groups is 1. The Morgan fingerprint density at radius 2 is 1.97 bits per heavy atom. The average Bonchev–Trinajstić information content (AvgIpc) is 2.82. The fourth-order valence-corrected chi connectivity index (χ4v) is 3.56. The highest BCUT2D eigenvalue weighted by atomic mass is 32.1. The van der Waals surface area contributed by atoms with Gasteiger partial charge in [0.15, 0.2) is 5.52 Å². The average molecular weight is 456 g/mol. The molecule has 0 radical (unpaired) electrons. The highest BCUT2D eigenvalue weighted by Crippen LogP contribution is 2.28. The van der Waals surface area contributed by atoms with Gasteiger partial charge < -0.3 is 19.3 Å². The van der Waals surface area contributed by atoms with Crippen LogP contribution in [0.3, 0.4) is 0 Å². The first-order valence-electron chi connectivity index (χ1n) is 10.5. The lowest BCUT2D eigenvalue weighted by Crippen LogP contribution is -2.47. The largest absolute Gasteiger partial charge is 0.473 e. The van der Waals surface area contributed by atoms with E-state index in [9.17, 15) is 4.79 Å². The van der Waals surface area contributed by atoms with E-state index in [4.69, 9.17) is 14.5 Å². The van der Waals surface area contributed by atoms with Crippen LogP contribution in [0.1, 0.15) is 13.3 Å². The zero-order valence-electron chi connectivity index (χ0n) is 18.6. The highest BCUT2D eigenvalue weighted by Gasteiger charge is 2.24. The lowest BCUT2D eigenvalue weighted by atomic mass is 10.1. The van der Waals surface area contributed by atoms with Crippen molar-refractivity contribution in [1.29, 1.82) is 0 Å². The quantitative estimate of drug-likeness (QED) is 0.565. The summed E-state index contributed by atoms with van der Waals surface area (Å²) in [6.45, 7) is 3.80. The number of ether oxygens (including phenoxy) is 2. The molecule has 1 aliphatic rings. The van der Waals surface area contributed by atoms with Gasteiger partial charge in [-0.3, -0.25) is 9.78 Å². The molecule has 32 heavy (non-hydrogen) atoms. The Morgan fingerprint density at radius 1 is 1.22 bits per heavy atom. The van der Waals surface area contributed by atoms with Crippen molar-refractivity contribution in [3.8, 4) is 17.1 Å². The molecule has 0 aliphatic carbocycles. The van der Waals surface area contributed by atoms with Crippen molar-refractivity contribution in [3.63, 3.8) is 0 Å². The number of morpholine rings is 1. The summed E-state index contributed by atoms with van der Waals surface area (Å²) in [6.07, 6.45) is 3.56. The molecule has 1 aliphatic heterocycles. The minimum Gasteiger partial charge on any atom is -0.473 e. The fraction of sp³-hybridized carbons (Fsp3) is 0.391. The summed E-state index contributed by atoms with van der Waals surface area (Å²) in [5.74, 6) is 0.547. The van der Waals surface area contributed by atoms with Gasteiger partial charge >= 0.3 is 0 Å². The van der Waals surface area contributed by atoms with Crippen LogP contribution < -0.4 is 9.64 Å². The molecule has 4 rings (SSSR count). The number of hydrogen-bond donors (Lipinski definition) is 0. The maximum Gasteiger partial charge on any atom is 0.242 e. The molecule has 3 aromatic rings. The molecule has 0 N–H and O–H groups in total. The SMILES string of the molecule is CCC(=O)N1CCO[C@H](COc2nc(-c3ccc(N(C)C)cc3)cc3nccnc23)C1.S. The second-order valence-electron chi connectivity index (χ2n) is 7.68. The van der Waals surface area contributed by atoms with Crippen LogP contribution in [0.2, 0.25) is 0 Å². The molecular formula is C23H29N5O3S. The number of hydrogen-bond acceptors (Lipinski definition) is 7. The molecule has 1 fully saturated rings. The maximum absolute atomic E-state index is 12.0. The van der Waals surface area contributed by atoms with E-state index in [2.05, 4.69) is 9.97 Å². The molecule has 1 saturated heterocycles. The van der Waals surface area contributed by atoms with E-state index < -0.39 is 0 Å². The van der Waals surface area contributed by atoms with Gasteiger partial charge in [0.25, 0.3) is 0 Å². The van der Waals surface area contributed by atoms with Crippen LogP contribution in [-0.4, -0.2) is 72.3 Å².